The molecule has 1 N–H and O–H groups in total. The van der Waals surface area contributed by atoms with E-state index in [2.05, 4.69) is 59.7 Å². The molecular formula is C27H25N5OS. The first-order chi connectivity index (χ1) is 16.3. The number of carbonyl (C=O) groups is 1. The highest BCUT2D eigenvalue weighted by atomic mass is 32.2. The topological polar surface area (TPSA) is 73.8 Å². The van der Waals surface area contributed by atoms with Crippen LogP contribution in [0.3, 0.4) is 0 Å². The summed E-state index contributed by atoms with van der Waals surface area (Å²) >= 11 is 1.32. The van der Waals surface area contributed by atoms with Crippen molar-refractivity contribution in [3.8, 4) is 5.69 Å². The molecule has 1 amide bonds. The van der Waals surface area contributed by atoms with Crippen LogP contribution in [-0.2, 0) is 4.79 Å². The number of aromatic nitrogens is 1. The summed E-state index contributed by atoms with van der Waals surface area (Å²) in [6.07, 6.45) is 1.77. The molecule has 3 heterocycles. The van der Waals surface area contributed by atoms with Gasteiger partial charge in [0.1, 0.15) is 5.04 Å². The monoisotopic (exact) mass is 467 g/mol. The van der Waals surface area contributed by atoms with Gasteiger partial charge in [-0.2, -0.15) is 15.1 Å². The van der Waals surface area contributed by atoms with Crippen LogP contribution in [0.1, 0.15) is 39.2 Å². The Hall–Kier alpha value is -3.71. The average molecular weight is 468 g/mol. The Morgan fingerprint density at radius 2 is 1.62 bits per heavy atom. The maximum Gasteiger partial charge on any atom is 0.283 e. The van der Waals surface area contributed by atoms with Crippen molar-refractivity contribution in [3.05, 3.63) is 93.3 Å². The Morgan fingerprint density at radius 1 is 0.941 bits per heavy atom. The fraction of sp³-hybridized carbons (Fsp3) is 0.185. The van der Waals surface area contributed by atoms with E-state index in [1.54, 1.807) is 6.08 Å². The Labute approximate surface area is 203 Å². The second-order valence-electron chi connectivity index (χ2n) is 8.64. The third-order valence-corrected chi connectivity index (χ3v) is 7.20. The van der Waals surface area contributed by atoms with E-state index in [0.717, 1.165) is 38.8 Å². The SMILES string of the molecule is Cc1ccccc1C1=NN2C(=N)/C(=C\c3cc(C)n(-c4c(C)cccc4C)c3C)C(=O)N=C2S1. The third-order valence-electron chi connectivity index (χ3n) is 6.26. The predicted molar refractivity (Wildman–Crippen MR) is 140 cm³/mol. The van der Waals surface area contributed by atoms with Crippen LogP contribution in [0.2, 0.25) is 0 Å². The lowest BCUT2D eigenvalue weighted by molar-refractivity contribution is -0.114. The number of para-hydroxylation sites is 1. The van der Waals surface area contributed by atoms with Crippen LogP contribution in [0.15, 0.2) is 64.2 Å². The zero-order valence-electron chi connectivity index (χ0n) is 19.8. The smallest absolute Gasteiger partial charge is 0.283 e. The molecule has 0 saturated heterocycles. The van der Waals surface area contributed by atoms with Gasteiger partial charge < -0.3 is 4.57 Å². The van der Waals surface area contributed by atoms with Crippen LogP contribution >= 0.6 is 11.8 Å². The Balaban J connectivity index is 1.55. The van der Waals surface area contributed by atoms with E-state index in [0.29, 0.717) is 5.17 Å². The molecule has 2 aliphatic heterocycles. The molecule has 0 atom stereocenters. The molecule has 2 aromatic carbocycles. The van der Waals surface area contributed by atoms with Crippen LogP contribution in [0.25, 0.3) is 11.8 Å². The number of fused-ring (bicyclic) bond motifs is 1. The summed E-state index contributed by atoms with van der Waals surface area (Å²) in [6, 6.07) is 16.3. The molecule has 3 aromatic rings. The molecule has 34 heavy (non-hydrogen) atoms. The molecule has 0 unspecified atom stereocenters. The van der Waals surface area contributed by atoms with Gasteiger partial charge in [-0.3, -0.25) is 10.2 Å². The molecule has 5 rings (SSSR count). The summed E-state index contributed by atoms with van der Waals surface area (Å²) in [5.41, 5.74) is 8.79. The van der Waals surface area contributed by atoms with Gasteiger partial charge in [0.15, 0.2) is 5.84 Å². The van der Waals surface area contributed by atoms with Crippen LogP contribution in [0.4, 0.5) is 0 Å². The Bertz CT molecular complexity index is 1450. The summed E-state index contributed by atoms with van der Waals surface area (Å²) in [7, 11) is 0. The standard InChI is InChI=1S/C27H25N5OS/c1-15-9-6-7-12-21(15)26-30-32-24(28)22(25(33)29-27(32)34-26)14-20-13-18(4)31(19(20)5)23-16(2)10-8-11-17(23)3/h6-14,28H,1-5H3/b22-14+,28-24?. The molecule has 170 valence electrons. The molecule has 0 saturated carbocycles. The number of thioether (sulfide) groups is 1. The number of rotatable bonds is 3. The first-order valence-corrected chi connectivity index (χ1v) is 11.9. The minimum Gasteiger partial charge on any atom is -0.317 e. The van der Waals surface area contributed by atoms with Crippen LogP contribution in [0.5, 0.6) is 0 Å². The van der Waals surface area contributed by atoms with Gasteiger partial charge in [0.2, 0.25) is 5.17 Å². The van der Waals surface area contributed by atoms with Crippen molar-refractivity contribution in [3.63, 3.8) is 0 Å². The first-order valence-electron chi connectivity index (χ1n) is 11.1. The quantitative estimate of drug-likeness (QED) is 0.503. The van der Waals surface area contributed by atoms with Gasteiger partial charge in [0.25, 0.3) is 5.91 Å². The number of carbonyl (C=O) groups excluding carboxylic acids is 1. The molecule has 6 nitrogen and oxygen atoms in total. The van der Waals surface area contributed by atoms with Gasteiger partial charge in [-0.15, -0.1) is 0 Å². The van der Waals surface area contributed by atoms with E-state index in [1.807, 2.05) is 38.1 Å². The van der Waals surface area contributed by atoms with Crippen molar-refractivity contribution in [1.82, 2.24) is 9.58 Å². The zero-order chi connectivity index (χ0) is 24.1. The highest BCUT2D eigenvalue weighted by Crippen LogP contribution is 2.33. The van der Waals surface area contributed by atoms with Crippen molar-refractivity contribution in [2.45, 2.75) is 34.6 Å². The Morgan fingerprint density at radius 3 is 2.32 bits per heavy atom. The molecule has 0 fully saturated rings. The van der Waals surface area contributed by atoms with Crippen molar-refractivity contribution >= 4 is 39.8 Å². The minimum absolute atomic E-state index is 0.0444. The van der Waals surface area contributed by atoms with Crippen molar-refractivity contribution < 1.29 is 4.79 Å². The number of amidine groups is 2. The fourth-order valence-corrected chi connectivity index (χ4v) is 5.49. The number of hydrogen-bond acceptors (Lipinski definition) is 4. The highest BCUT2D eigenvalue weighted by Gasteiger charge is 2.36. The lowest BCUT2D eigenvalue weighted by Crippen LogP contribution is -2.35. The molecule has 0 spiro atoms. The second-order valence-corrected chi connectivity index (χ2v) is 9.60. The molecule has 2 aliphatic rings. The van der Waals surface area contributed by atoms with Gasteiger partial charge in [-0.1, -0.05) is 42.5 Å². The summed E-state index contributed by atoms with van der Waals surface area (Å²) in [5, 5.41) is 16.0. The normalized spacial score (nSPS) is 16.7. The number of nitrogens with zero attached hydrogens (tertiary/aromatic N) is 4. The number of nitrogens with one attached hydrogen (secondary N) is 1. The first kappa shape index (κ1) is 22.1. The van der Waals surface area contributed by atoms with E-state index in [-0.39, 0.29) is 11.4 Å². The number of benzene rings is 2. The van der Waals surface area contributed by atoms with Crippen molar-refractivity contribution in [2.75, 3.05) is 0 Å². The second kappa shape index (κ2) is 8.25. The van der Waals surface area contributed by atoms with E-state index >= 15 is 0 Å². The minimum atomic E-state index is -0.415. The fourth-order valence-electron chi connectivity index (χ4n) is 4.51. The average Bonchev–Trinajstić information content (AvgIpc) is 3.33. The maximum absolute atomic E-state index is 12.9. The van der Waals surface area contributed by atoms with E-state index in [4.69, 9.17) is 5.41 Å². The van der Waals surface area contributed by atoms with E-state index in [1.165, 1.54) is 27.9 Å². The van der Waals surface area contributed by atoms with Crippen LogP contribution < -0.4 is 0 Å². The van der Waals surface area contributed by atoms with Gasteiger partial charge in [0, 0.05) is 17.0 Å². The molecule has 0 radical (unpaired) electrons. The number of aliphatic imine (C=N–C) groups is 1. The highest BCUT2D eigenvalue weighted by molar-refractivity contribution is 8.27. The maximum atomic E-state index is 12.9. The largest absolute Gasteiger partial charge is 0.317 e. The van der Waals surface area contributed by atoms with Gasteiger partial charge in [-0.25, -0.2) is 0 Å². The number of hydrogen-bond donors (Lipinski definition) is 1. The van der Waals surface area contributed by atoms with Gasteiger partial charge in [0.05, 0.1) is 11.3 Å². The molecule has 1 aromatic heterocycles. The summed E-state index contributed by atoms with van der Waals surface area (Å²) in [4.78, 5) is 17.2. The zero-order valence-corrected chi connectivity index (χ0v) is 20.6. The lowest BCUT2D eigenvalue weighted by Gasteiger charge is -2.20. The summed E-state index contributed by atoms with van der Waals surface area (Å²) in [6.45, 7) is 10.3. The van der Waals surface area contributed by atoms with E-state index < -0.39 is 5.91 Å². The number of hydrazone groups is 1. The van der Waals surface area contributed by atoms with Gasteiger partial charge in [-0.05, 0) is 80.8 Å². The molecule has 0 aliphatic carbocycles. The number of aryl methyl sites for hydroxylation is 4. The van der Waals surface area contributed by atoms with Crippen molar-refractivity contribution in [1.29, 1.82) is 5.41 Å². The van der Waals surface area contributed by atoms with Gasteiger partial charge >= 0.3 is 0 Å². The Kier molecular flexibility index (Phi) is 5.37. The lowest BCUT2D eigenvalue weighted by atomic mass is 10.1. The molecule has 0 bridgehead atoms. The predicted octanol–water partition coefficient (Wildman–Crippen LogP) is 5.69. The summed E-state index contributed by atoms with van der Waals surface area (Å²) in [5.74, 6) is -0.371. The molecule has 7 heteroatoms. The summed E-state index contributed by atoms with van der Waals surface area (Å²) < 4.78 is 2.21. The van der Waals surface area contributed by atoms with Crippen molar-refractivity contribution in [2.24, 2.45) is 10.1 Å². The van der Waals surface area contributed by atoms with Crippen LogP contribution in [-0.4, -0.2) is 31.5 Å². The number of amides is 1. The molecular weight excluding hydrogens is 442 g/mol. The van der Waals surface area contributed by atoms with Crippen LogP contribution in [0, 0.1) is 40.0 Å². The van der Waals surface area contributed by atoms with E-state index in [9.17, 15) is 4.79 Å². The third kappa shape index (κ3) is 3.53.